The number of carbonyl (C=O) groups excluding carboxylic acids is 1. The van der Waals surface area contributed by atoms with E-state index in [4.69, 9.17) is 4.74 Å². The molecule has 34 heavy (non-hydrogen) atoms. The minimum atomic E-state index is -3.20. The molecule has 0 saturated carbocycles. The number of amides is 1. The van der Waals surface area contributed by atoms with Gasteiger partial charge in [0.1, 0.15) is 17.5 Å². The highest BCUT2D eigenvalue weighted by molar-refractivity contribution is 7.90. The second-order valence-electron chi connectivity index (χ2n) is 9.00. The van der Waals surface area contributed by atoms with E-state index < -0.39 is 20.7 Å². The van der Waals surface area contributed by atoms with Crippen LogP contribution in [0.3, 0.4) is 0 Å². The number of piperidine rings is 1. The van der Waals surface area contributed by atoms with Crippen molar-refractivity contribution < 1.29 is 17.9 Å². The zero-order valence-electron chi connectivity index (χ0n) is 19.1. The molecule has 1 spiro atoms. The summed E-state index contributed by atoms with van der Waals surface area (Å²) in [6.45, 7) is 2.66. The molecule has 2 aliphatic heterocycles. The maximum atomic E-state index is 13.2. The highest BCUT2D eigenvalue weighted by Crippen LogP contribution is 2.45. The molecule has 1 unspecified atom stereocenters. The number of para-hydroxylation sites is 2. The van der Waals surface area contributed by atoms with Crippen LogP contribution in [-0.4, -0.2) is 43.1 Å². The zero-order valence-corrected chi connectivity index (χ0v) is 19.9. The monoisotopic (exact) mass is 475 g/mol. The number of hydrogen-bond donors (Lipinski definition) is 0. The van der Waals surface area contributed by atoms with Gasteiger partial charge in [0.2, 0.25) is 0 Å². The molecule has 0 aliphatic carbocycles. The van der Waals surface area contributed by atoms with Crippen molar-refractivity contribution in [3.63, 3.8) is 0 Å². The van der Waals surface area contributed by atoms with Crippen LogP contribution in [0.25, 0.3) is 5.69 Å². The molecule has 5 rings (SSSR count). The van der Waals surface area contributed by atoms with E-state index in [0.717, 1.165) is 17.1 Å². The summed E-state index contributed by atoms with van der Waals surface area (Å²) in [7, 11) is -3.20. The molecule has 174 valence electrons. The molecular formula is C26H25N3O4S. The summed E-state index contributed by atoms with van der Waals surface area (Å²) < 4.78 is 32.1. The largest absolute Gasteiger partial charge is 0.479 e. The van der Waals surface area contributed by atoms with Crippen molar-refractivity contribution in [1.82, 2.24) is 9.47 Å². The maximum Gasteiger partial charge on any atom is 0.253 e. The van der Waals surface area contributed by atoms with Crippen LogP contribution in [-0.2, 0) is 15.4 Å². The van der Waals surface area contributed by atoms with Crippen molar-refractivity contribution in [2.24, 2.45) is 0 Å². The van der Waals surface area contributed by atoms with Crippen LogP contribution in [0.15, 0.2) is 60.7 Å². The van der Waals surface area contributed by atoms with E-state index in [0.29, 0.717) is 42.8 Å². The number of benzene rings is 2. The molecule has 8 heteroatoms. The molecule has 1 saturated heterocycles. The molecule has 3 heterocycles. The maximum absolute atomic E-state index is 13.2. The van der Waals surface area contributed by atoms with Crippen LogP contribution >= 0.6 is 0 Å². The number of nitriles is 1. The Balaban J connectivity index is 1.37. The van der Waals surface area contributed by atoms with Gasteiger partial charge in [-0.25, -0.2) is 8.42 Å². The van der Waals surface area contributed by atoms with Crippen LogP contribution < -0.4 is 4.74 Å². The van der Waals surface area contributed by atoms with E-state index in [2.05, 4.69) is 6.07 Å². The number of ether oxygens (including phenoxy) is 1. The Hall–Kier alpha value is -3.57. The third-order valence-electron chi connectivity index (χ3n) is 7.00. The van der Waals surface area contributed by atoms with Gasteiger partial charge in [0.15, 0.2) is 15.4 Å². The molecule has 1 atom stereocenters. The van der Waals surface area contributed by atoms with Gasteiger partial charge in [0.05, 0.1) is 16.6 Å². The zero-order chi connectivity index (χ0) is 24.1. The van der Waals surface area contributed by atoms with Crippen LogP contribution in [0.1, 0.15) is 52.3 Å². The quantitative estimate of drug-likeness (QED) is 0.571. The summed E-state index contributed by atoms with van der Waals surface area (Å²) in [4.78, 5) is 15.0. The van der Waals surface area contributed by atoms with Crippen molar-refractivity contribution in [3.8, 4) is 17.5 Å². The Morgan fingerprint density at radius 2 is 1.74 bits per heavy atom. The van der Waals surface area contributed by atoms with Gasteiger partial charge in [0, 0.05) is 37.8 Å². The van der Waals surface area contributed by atoms with Gasteiger partial charge in [-0.1, -0.05) is 24.3 Å². The van der Waals surface area contributed by atoms with E-state index in [1.54, 1.807) is 31.2 Å². The normalized spacial score (nSPS) is 17.3. The Labute approximate surface area is 199 Å². The SMILES string of the molecule is CC(c1ccc(C(=O)N2CCC3(CC2)Oc2ccccc2-n2c(C#N)ccc23)cc1)S(C)(=O)=O. The van der Waals surface area contributed by atoms with Crippen LogP contribution in [0.5, 0.6) is 5.75 Å². The standard InChI is InChI=1S/C26H25N3O4S/c1-18(34(2,31)32)19-7-9-20(10-8-19)25(30)28-15-13-26(14-16-28)24-12-11-21(17-27)29(24)22-5-3-4-6-23(22)33-26/h3-12,18H,13-16H2,1-2H3. The lowest BCUT2D eigenvalue weighted by Gasteiger charge is -2.45. The second kappa shape index (κ2) is 8.03. The second-order valence-corrected chi connectivity index (χ2v) is 11.4. The van der Waals surface area contributed by atoms with Crippen LogP contribution in [0, 0.1) is 11.3 Å². The lowest BCUT2D eigenvalue weighted by Crippen LogP contribution is -2.50. The van der Waals surface area contributed by atoms with Gasteiger partial charge >= 0.3 is 0 Å². The molecule has 1 amide bonds. The Morgan fingerprint density at radius 3 is 2.38 bits per heavy atom. The minimum Gasteiger partial charge on any atom is -0.479 e. The number of nitrogens with zero attached hydrogens (tertiary/aromatic N) is 3. The third kappa shape index (κ3) is 3.57. The number of likely N-dealkylation sites (tertiary alicyclic amines) is 1. The molecular weight excluding hydrogens is 450 g/mol. The topological polar surface area (TPSA) is 92.4 Å². The predicted molar refractivity (Wildman–Crippen MR) is 128 cm³/mol. The fourth-order valence-corrected chi connectivity index (χ4v) is 5.54. The highest BCUT2D eigenvalue weighted by atomic mass is 32.2. The van der Waals surface area contributed by atoms with E-state index in [9.17, 15) is 18.5 Å². The van der Waals surface area contributed by atoms with Gasteiger partial charge in [-0.2, -0.15) is 5.26 Å². The first kappa shape index (κ1) is 22.2. The minimum absolute atomic E-state index is 0.0854. The first-order valence-electron chi connectivity index (χ1n) is 11.2. The van der Waals surface area contributed by atoms with Gasteiger partial charge < -0.3 is 9.64 Å². The van der Waals surface area contributed by atoms with Crippen molar-refractivity contribution in [1.29, 1.82) is 5.26 Å². The summed E-state index contributed by atoms with van der Waals surface area (Å²) in [5.41, 5.74) is 2.95. The van der Waals surface area contributed by atoms with Crippen molar-refractivity contribution in [2.75, 3.05) is 19.3 Å². The summed E-state index contributed by atoms with van der Waals surface area (Å²) in [5, 5.41) is 9.02. The van der Waals surface area contributed by atoms with Gasteiger partial charge in [-0.15, -0.1) is 0 Å². The summed E-state index contributed by atoms with van der Waals surface area (Å²) in [5.74, 6) is 0.649. The van der Waals surface area contributed by atoms with E-state index in [1.165, 1.54) is 6.26 Å². The highest BCUT2D eigenvalue weighted by Gasteiger charge is 2.45. The third-order valence-corrected chi connectivity index (χ3v) is 8.56. The van der Waals surface area contributed by atoms with Gasteiger partial charge in [0.25, 0.3) is 5.91 Å². The average Bonchev–Trinajstić information content (AvgIpc) is 3.29. The van der Waals surface area contributed by atoms with E-state index in [1.807, 2.05) is 45.9 Å². The fraction of sp³-hybridized carbons (Fsp3) is 0.308. The predicted octanol–water partition coefficient (Wildman–Crippen LogP) is 3.98. The van der Waals surface area contributed by atoms with E-state index in [-0.39, 0.29) is 5.91 Å². The summed E-state index contributed by atoms with van der Waals surface area (Å²) in [6, 6.07) is 20.6. The molecule has 2 aliphatic rings. The smallest absolute Gasteiger partial charge is 0.253 e. The Kier molecular flexibility index (Phi) is 5.25. The van der Waals surface area contributed by atoms with Crippen LogP contribution in [0.4, 0.5) is 0 Å². The lowest BCUT2D eigenvalue weighted by atomic mass is 9.86. The average molecular weight is 476 g/mol. The first-order valence-corrected chi connectivity index (χ1v) is 13.2. The number of rotatable bonds is 3. The molecule has 0 N–H and O–H groups in total. The number of fused-ring (bicyclic) bond motifs is 4. The summed E-state index contributed by atoms with van der Waals surface area (Å²) >= 11 is 0. The number of aromatic nitrogens is 1. The van der Waals surface area contributed by atoms with Crippen molar-refractivity contribution >= 4 is 15.7 Å². The Bertz CT molecular complexity index is 1410. The number of hydrogen-bond acceptors (Lipinski definition) is 5. The molecule has 0 bridgehead atoms. The molecule has 1 fully saturated rings. The molecule has 3 aromatic rings. The Morgan fingerprint density at radius 1 is 1.06 bits per heavy atom. The number of carbonyl (C=O) groups is 1. The van der Waals surface area contributed by atoms with Crippen LogP contribution in [0.2, 0.25) is 0 Å². The van der Waals surface area contributed by atoms with E-state index >= 15 is 0 Å². The molecule has 2 aromatic carbocycles. The van der Waals surface area contributed by atoms with Gasteiger partial charge in [-0.3, -0.25) is 9.36 Å². The molecule has 1 aromatic heterocycles. The van der Waals surface area contributed by atoms with Crippen molar-refractivity contribution in [2.45, 2.75) is 30.6 Å². The van der Waals surface area contributed by atoms with Gasteiger partial charge in [-0.05, 0) is 48.9 Å². The first-order chi connectivity index (χ1) is 16.2. The molecule has 7 nitrogen and oxygen atoms in total. The lowest BCUT2D eigenvalue weighted by molar-refractivity contribution is -0.00937. The summed E-state index contributed by atoms with van der Waals surface area (Å²) in [6.07, 6.45) is 2.42. The van der Waals surface area contributed by atoms with Crippen molar-refractivity contribution in [3.05, 3.63) is 83.2 Å². The molecule has 0 radical (unpaired) electrons. The fourth-order valence-electron chi connectivity index (χ4n) is 4.89. The number of sulfone groups is 1.